The minimum Gasteiger partial charge on any atom is -0.444 e. The van der Waals surface area contributed by atoms with Gasteiger partial charge in [0.25, 0.3) is 0 Å². The molecule has 0 saturated heterocycles. The van der Waals surface area contributed by atoms with Gasteiger partial charge in [0.2, 0.25) is 0 Å². The zero-order chi connectivity index (χ0) is 21.4. The highest BCUT2D eigenvalue weighted by molar-refractivity contribution is 6.32. The number of hydrogen-bond donors (Lipinski definition) is 1. The van der Waals surface area contributed by atoms with Crippen LogP contribution in [0, 0.1) is 0 Å². The molecule has 1 N–H and O–H groups in total. The SMILES string of the molecule is CC(C)(C)OC(=O)N1CC=C(c2nc(Cl)c(-c3ccc(C(F)(F)F)cc3)[nH]2)CC1. The van der Waals surface area contributed by atoms with E-state index in [4.69, 9.17) is 16.3 Å². The Morgan fingerprint density at radius 3 is 2.38 bits per heavy atom. The van der Waals surface area contributed by atoms with Crippen molar-refractivity contribution in [2.24, 2.45) is 0 Å². The van der Waals surface area contributed by atoms with Gasteiger partial charge >= 0.3 is 12.3 Å². The van der Waals surface area contributed by atoms with Crippen LogP contribution < -0.4 is 0 Å². The molecule has 29 heavy (non-hydrogen) atoms. The van der Waals surface area contributed by atoms with E-state index < -0.39 is 17.3 Å². The molecule has 1 amide bonds. The van der Waals surface area contributed by atoms with Crippen molar-refractivity contribution in [2.75, 3.05) is 13.1 Å². The average Bonchev–Trinajstić information content (AvgIpc) is 3.01. The number of imidazole rings is 1. The van der Waals surface area contributed by atoms with Crippen molar-refractivity contribution in [2.45, 2.75) is 39.0 Å². The van der Waals surface area contributed by atoms with Crippen LogP contribution in [-0.2, 0) is 10.9 Å². The highest BCUT2D eigenvalue weighted by Gasteiger charge is 2.30. The molecule has 0 fully saturated rings. The van der Waals surface area contributed by atoms with Gasteiger partial charge in [-0.15, -0.1) is 0 Å². The minimum atomic E-state index is -4.39. The molecule has 5 nitrogen and oxygen atoms in total. The number of rotatable bonds is 2. The first-order valence-electron chi connectivity index (χ1n) is 9.04. The fourth-order valence-electron chi connectivity index (χ4n) is 2.90. The lowest BCUT2D eigenvalue weighted by molar-refractivity contribution is -0.137. The zero-order valence-electron chi connectivity index (χ0n) is 16.2. The van der Waals surface area contributed by atoms with Crippen molar-refractivity contribution < 1.29 is 22.7 Å². The lowest BCUT2D eigenvalue weighted by Gasteiger charge is -2.29. The Bertz CT molecular complexity index is 928. The van der Waals surface area contributed by atoms with Crippen LogP contribution in [0.2, 0.25) is 5.15 Å². The first kappa shape index (κ1) is 21.2. The van der Waals surface area contributed by atoms with Crippen molar-refractivity contribution in [1.82, 2.24) is 14.9 Å². The molecule has 0 unspecified atom stereocenters. The summed E-state index contributed by atoms with van der Waals surface area (Å²) in [5.74, 6) is 0.536. The molecule has 2 heterocycles. The van der Waals surface area contributed by atoms with Gasteiger partial charge in [0.05, 0.1) is 11.3 Å². The predicted molar refractivity (Wildman–Crippen MR) is 104 cm³/mol. The third kappa shape index (κ3) is 5.12. The first-order chi connectivity index (χ1) is 13.4. The number of carbonyl (C=O) groups excluding carboxylic acids is 1. The monoisotopic (exact) mass is 427 g/mol. The number of alkyl halides is 3. The largest absolute Gasteiger partial charge is 0.444 e. The molecular weight excluding hydrogens is 407 g/mol. The van der Waals surface area contributed by atoms with Gasteiger partial charge in [-0.1, -0.05) is 29.8 Å². The Morgan fingerprint density at radius 1 is 1.21 bits per heavy atom. The summed E-state index contributed by atoms with van der Waals surface area (Å²) in [6, 6.07) is 4.71. The average molecular weight is 428 g/mol. The number of aromatic nitrogens is 2. The number of halogens is 4. The predicted octanol–water partition coefficient (Wildman–Crippen LogP) is 5.77. The standard InChI is InChI=1S/C20H21ClF3N3O2/c1-19(2,3)29-18(28)27-10-8-13(9-11-27)17-25-15(16(21)26-17)12-4-6-14(7-5-12)20(22,23)24/h4-8H,9-11H2,1-3H3,(H,25,26). The van der Waals surface area contributed by atoms with Gasteiger partial charge in [0, 0.05) is 18.7 Å². The van der Waals surface area contributed by atoms with Crippen molar-refractivity contribution in [1.29, 1.82) is 0 Å². The second-order valence-electron chi connectivity index (χ2n) is 7.73. The second-order valence-corrected chi connectivity index (χ2v) is 8.09. The van der Waals surface area contributed by atoms with Gasteiger partial charge in [-0.05, 0) is 44.9 Å². The number of amides is 1. The van der Waals surface area contributed by atoms with Crippen LogP contribution in [-0.4, -0.2) is 39.7 Å². The molecule has 0 aliphatic carbocycles. The smallest absolute Gasteiger partial charge is 0.416 e. The van der Waals surface area contributed by atoms with Crippen LogP contribution in [0.3, 0.4) is 0 Å². The lowest BCUT2D eigenvalue weighted by atomic mass is 10.1. The number of nitrogens with zero attached hydrogens (tertiary/aromatic N) is 2. The molecule has 2 aromatic rings. The van der Waals surface area contributed by atoms with E-state index in [1.165, 1.54) is 12.1 Å². The van der Waals surface area contributed by atoms with Gasteiger partial charge in [-0.25, -0.2) is 9.78 Å². The maximum absolute atomic E-state index is 12.7. The molecule has 156 valence electrons. The molecule has 0 atom stereocenters. The fraction of sp³-hybridized carbons (Fsp3) is 0.400. The van der Waals surface area contributed by atoms with Crippen LogP contribution in [0.5, 0.6) is 0 Å². The number of benzene rings is 1. The summed E-state index contributed by atoms with van der Waals surface area (Å²) in [6.45, 7) is 6.27. The normalized spacial score (nSPS) is 15.3. The van der Waals surface area contributed by atoms with Crippen LogP contribution in [0.15, 0.2) is 30.3 Å². The summed E-state index contributed by atoms with van der Waals surface area (Å²) in [6.07, 6.45) is -2.36. The molecule has 0 spiro atoms. The first-order valence-corrected chi connectivity index (χ1v) is 9.42. The highest BCUT2D eigenvalue weighted by Crippen LogP contribution is 2.33. The van der Waals surface area contributed by atoms with Gasteiger partial charge < -0.3 is 14.6 Å². The van der Waals surface area contributed by atoms with E-state index in [2.05, 4.69) is 9.97 Å². The van der Waals surface area contributed by atoms with Crippen LogP contribution in [0.25, 0.3) is 16.8 Å². The third-order valence-electron chi connectivity index (χ3n) is 4.33. The van der Waals surface area contributed by atoms with Crippen LogP contribution in [0.1, 0.15) is 38.6 Å². The summed E-state index contributed by atoms with van der Waals surface area (Å²) in [5.41, 5.74) is 0.547. The Hall–Kier alpha value is -2.48. The molecule has 1 aliphatic rings. The summed E-state index contributed by atoms with van der Waals surface area (Å²) in [4.78, 5) is 21.1. The van der Waals surface area contributed by atoms with Crippen molar-refractivity contribution in [3.05, 3.63) is 46.9 Å². The van der Waals surface area contributed by atoms with Crippen LogP contribution in [0.4, 0.5) is 18.0 Å². The maximum atomic E-state index is 12.7. The Labute approximate surface area is 171 Å². The van der Waals surface area contributed by atoms with E-state index in [-0.39, 0.29) is 11.2 Å². The van der Waals surface area contributed by atoms with E-state index in [1.54, 1.807) is 4.90 Å². The summed E-state index contributed by atoms with van der Waals surface area (Å²) < 4.78 is 43.6. The van der Waals surface area contributed by atoms with E-state index in [1.807, 2.05) is 26.8 Å². The quantitative estimate of drug-likeness (QED) is 0.661. The van der Waals surface area contributed by atoms with Gasteiger partial charge in [-0.2, -0.15) is 13.2 Å². The Balaban J connectivity index is 1.75. The number of aromatic amines is 1. The Morgan fingerprint density at radius 2 is 1.86 bits per heavy atom. The molecule has 0 radical (unpaired) electrons. The highest BCUT2D eigenvalue weighted by atomic mass is 35.5. The lowest BCUT2D eigenvalue weighted by Crippen LogP contribution is -2.39. The van der Waals surface area contributed by atoms with Gasteiger partial charge in [0.1, 0.15) is 11.4 Å². The van der Waals surface area contributed by atoms with Crippen molar-refractivity contribution >= 4 is 23.3 Å². The summed E-state index contributed by atoms with van der Waals surface area (Å²) in [7, 11) is 0. The van der Waals surface area contributed by atoms with Crippen molar-refractivity contribution in [3.63, 3.8) is 0 Å². The molecule has 1 aliphatic heterocycles. The van der Waals surface area contributed by atoms with Gasteiger partial charge in [0.15, 0.2) is 5.15 Å². The third-order valence-corrected chi connectivity index (χ3v) is 4.60. The van der Waals surface area contributed by atoms with E-state index in [9.17, 15) is 18.0 Å². The minimum absolute atomic E-state index is 0.176. The zero-order valence-corrected chi connectivity index (χ0v) is 17.0. The number of hydrogen-bond acceptors (Lipinski definition) is 3. The fourth-order valence-corrected chi connectivity index (χ4v) is 3.14. The molecule has 1 aromatic heterocycles. The molecule has 0 saturated carbocycles. The van der Waals surface area contributed by atoms with Crippen molar-refractivity contribution in [3.8, 4) is 11.3 Å². The number of nitrogens with one attached hydrogen (secondary N) is 1. The van der Waals surface area contributed by atoms with E-state index in [0.29, 0.717) is 36.6 Å². The Kier molecular flexibility index (Phi) is 5.67. The van der Waals surface area contributed by atoms with E-state index >= 15 is 0 Å². The molecule has 3 rings (SSSR count). The maximum Gasteiger partial charge on any atom is 0.416 e. The number of ether oxygens (including phenoxy) is 1. The molecular formula is C20H21ClF3N3O2. The summed E-state index contributed by atoms with van der Waals surface area (Å²) >= 11 is 6.20. The van der Waals surface area contributed by atoms with E-state index in [0.717, 1.165) is 17.7 Å². The summed E-state index contributed by atoms with van der Waals surface area (Å²) in [5, 5.41) is 0.176. The molecule has 1 aromatic carbocycles. The molecule has 9 heteroatoms. The number of H-pyrrole nitrogens is 1. The topological polar surface area (TPSA) is 58.2 Å². The molecule has 0 bridgehead atoms. The van der Waals surface area contributed by atoms with Gasteiger partial charge in [-0.3, -0.25) is 0 Å². The number of carbonyl (C=O) groups is 1. The second kappa shape index (κ2) is 7.74. The van der Waals surface area contributed by atoms with Crippen LogP contribution >= 0.6 is 11.6 Å².